The number of nitrogens with one attached hydrogen (secondary N) is 2. The highest BCUT2D eigenvalue weighted by Crippen LogP contribution is 2.41. The third-order valence-corrected chi connectivity index (χ3v) is 7.04. The Bertz CT molecular complexity index is 1210. The summed E-state index contributed by atoms with van der Waals surface area (Å²) < 4.78 is 5.10. The smallest absolute Gasteiger partial charge is 0.321 e. The quantitative estimate of drug-likeness (QED) is 0.591. The monoisotopic (exact) mass is 478 g/mol. The van der Waals surface area contributed by atoms with E-state index >= 15 is 0 Å². The molecule has 5 heterocycles. The minimum atomic E-state index is -0.603. The summed E-state index contributed by atoms with van der Waals surface area (Å²) in [4.78, 5) is 40.9. The van der Waals surface area contributed by atoms with Crippen LogP contribution in [0.3, 0.4) is 0 Å². The van der Waals surface area contributed by atoms with Gasteiger partial charge in [0.25, 0.3) is 5.91 Å². The van der Waals surface area contributed by atoms with Crippen LogP contribution in [0.2, 0.25) is 0 Å². The maximum atomic E-state index is 13.8. The van der Waals surface area contributed by atoms with Gasteiger partial charge in [-0.25, -0.2) is 9.78 Å². The number of aromatic amines is 1. The molecule has 1 fully saturated rings. The van der Waals surface area contributed by atoms with Gasteiger partial charge < -0.3 is 19.5 Å². The van der Waals surface area contributed by atoms with Gasteiger partial charge in [-0.1, -0.05) is 6.07 Å². The molecule has 5 rings (SSSR count). The van der Waals surface area contributed by atoms with E-state index in [1.807, 2.05) is 23.6 Å². The maximum absolute atomic E-state index is 13.8. The highest BCUT2D eigenvalue weighted by atomic mass is 16.3. The molecule has 11 nitrogen and oxygen atoms in total. The van der Waals surface area contributed by atoms with E-state index in [2.05, 4.69) is 44.2 Å². The summed E-state index contributed by atoms with van der Waals surface area (Å²) in [6.45, 7) is 10.6. The van der Waals surface area contributed by atoms with Crippen molar-refractivity contribution in [2.24, 2.45) is 0 Å². The van der Waals surface area contributed by atoms with Crippen molar-refractivity contribution in [3.63, 3.8) is 0 Å². The molecule has 3 aromatic rings. The molecule has 11 heteroatoms. The number of hydrogen-bond acceptors (Lipinski definition) is 7. The molecule has 184 valence electrons. The van der Waals surface area contributed by atoms with Crippen LogP contribution in [-0.2, 0) is 18.6 Å². The van der Waals surface area contributed by atoms with Crippen molar-refractivity contribution in [2.45, 2.75) is 58.4 Å². The first kappa shape index (κ1) is 23.0. The Morgan fingerprint density at radius 3 is 2.74 bits per heavy atom. The summed E-state index contributed by atoms with van der Waals surface area (Å²) in [7, 11) is 0. The van der Waals surface area contributed by atoms with E-state index in [4.69, 9.17) is 4.42 Å². The van der Waals surface area contributed by atoms with Crippen molar-refractivity contribution in [1.29, 1.82) is 0 Å². The number of piperazine rings is 1. The number of carbonyl (C=O) groups excluding carboxylic acids is 2. The molecule has 2 aliphatic heterocycles. The maximum Gasteiger partial charge on any atom is 0.321 e. The zero-order chi connectivity index (χ0) is 24.7. The molecule has 0 aromatic carbocycles. The number of urea groups is 1. The molecular weight excluding hydrogens is 448 g/mol. The highest BCUT2D eigenvalue weighted by molar-refractivity contribution is 6.02. The van der Waals surface area contributed by atoms with Crippen LogP contribution < -0.4 is 5.32 Å². The summed E-state index contributed by atoms with van der Waals surface area (Å²) in [6.07, 6.45) is 4.67. The van der Waals surface area contributed by atoms with Crippen LogP contribution in [0.25, 0.3) is 0 Å². The first-order chi connectivity index (χ1) is 16.8. The molecule has 3 amide bonds. The second kappa shape index (κ2) is 8.81. The fourth-order valence-electron chi connectivity index (χ4n) is 4.96. The van der Waals surface area contributed by atoms with Gasteiger partial charge in [0.05, 0.1) is 23.5 Å². The number of carbonyl (C=O) groups is 2. The van der Waals surface area contributed by atoms with Crippen LogP contribution in [0, 0.1) is 0 Å². The first-order valence-corrected chi connectivity index (χ1v) is 11.7. The van der Waals surface area contributed by atoms with Crippen molar-refractivity contribution < 1.29 is 14.0 Å². The zero-order valence-electron chi connectivity index (χ0n) is 20.4. The van der Waals surface area contributed by atoms with E-state index in [9.17, 15) is 9.59 Å². The van der Waals surface area contributed by atoms with Crippen LogP contribution >= 0.6 is 0 Å². The van der Waals surface area contributed by atoms with Gasteiger partial charge in [0.2, 0.25) is 0 Å². The predicted molar refractivity (Wildman–Crippen MR) is 127 cm³/mol. The Balaban J connectivity index is 1.30. The number of aromatic nitrogens is 4. The minimum absolute atomic E-state index is 0.0259. The lowest BCUT2D eigenvalue weighted by atomic mass is 10.0. The molecule has 0 radical (unpaired) electrons. The minimum Gasteiger partial charge on any atom is -0.451 e. The molecule has 0 saturated carbocycles. The lowest BCUT2D eigenvalue weighted by Gasteiger charge is -2.46. The van der Waals surface area contributed by atoms with Crippen LogP contribution in [0.15, 0.2) is 41.5 Å². The third-order valence-electron chi connectivity index (χ3n) is 7.04. The highest BCUT2D eigenvalue weighted by Gasteiger charge is 2.46. The van der Waals surface area contributed by atoms with E-state index in [0.29, 0.717) is 31.1 Å². The van der Waals surface area contributed by atoms with Crippen LogP contribution in [-0.4, -0.2) is 72.0 Å². The summed E-state index contributed by atoms with van der Waals surface area (Å²) in [6, 6.07) is 5.33. The molecule has 0 unspecified atom stereocenters. The second-order valence-corrected chi connectivity index (χ2v) is 9.78. The van der Waals surface area contributed by atoms with E-state index in [1.54, 1.807) is 30.7 Å². The van der Waals surface area contributed by atoms with Crippen LogP contribution in [0.1, 0.15) is 55.1 Å². The Hall–Kier alpha value is -3.73. The summed E-state index contributed by atoms with van der Waals surface area (Å²) >= 11 is 0. The number of fused-ring (bicyclic) bond motifs is 1. The van der Waals surface area contributed by atoms with Gasteiger partial charge in [-0.3, -0.25) is 19.8 Å². The molecule has 0 bridgehead atoms. The van der Waals surface area contributed by atoms with Crippen molar-refractivity contribution in [2.75, 3.05) is 18.4 Å². The average Bonchev–Trinajstić information content (AvgIpc) is 3.55. The molecule has 35 heavy (non-hydrogen) atoms. The van der Waals surface area contributed by atoms with Crippen LogP contribution in [0.5, 0.6) is 0 Å². The molecule has 2 aliphatic rings. The zero-order valence-corrected chi connectivity index (χ0v) is 20.4. The summed E-state index contributed by atoms with van der Waals surface area (Å²) in [5.74, 6) is 0.0889. The third kappa shape index (κ3) is 4.16. The average molecular weight is 479 g/mol. The van der Waals surface area contributed by atoms with Gasteiger partial charge in [-0.15, -0.1) is 0 Å². The lowest BCUT2D eigenvalue weighted by molar-refractivity contribution is 0.0311. The first-order valence-electron chi connectivity index (χ1n) is 11.7. The van der Waals surface area contributed by atoms with Crippen molar-refractivity contribution in [3.8, 4) is 0 Å². The topological polar surface area (TPSA) is 123 Å². The predicted octanol–water partition coefficient (Wildman–Crippen LogP) is 2.81. The molecule has 2 atom stereocenters. The molecule has 3 aromatic heterocycles. The fraction of sp³-hybridized carbons (Fsp3) is 0.458. The molecule has 0 aliphatic carbocycles. The molecule has 0 spiro atoms. The number of H-pyrrole nitrogens is 1. The Morgan fingerprint density at radius 1 is 1.20 bits per heavy atom. The standard InChI is InChI=1S/C24H30N8O3/c1-15-10-31(16(2)9-30(15)11-17-13-35-14-26-17)23(34)32-12-18-20(24(32,3)4)28-29-21(18)27-22(33)19-7-5-6-8-25-19/h5-8,13-16H,9-12H2,1-4H3,(H2,27,28,29,33)/t15-,16+/m1/s1. The van der Waals surface area contributed by atoms with Gasteiger partial charge in [0.1, 0.15) is 12.0 Å². The number of pyridine rings is 1. The van der Waals surface area contributed by atoms with Gasteiger partial charge in [0.15, 0.2) is 12.2 Å². The number of rotatable bonds is 4. The normalized spacial score (nSPS) is 21.7. The Kier molecular flexibility index (Phi) is 5.79. The Morgan fingerprint density at radius 2 is 2.03 bits per heavy atom. The van der Waals surface area contributed by atoms with Crippen molar-refractivity contribution in [3.05, 3.63) is 59.7 Å². The molecular formula is C24H30N8O3. The summed E-state index contributed by atoms with van der Waals surface area (Å²) in [5, 5.41) is 10.2. The number of nitrogens with zero attached hydrogens (tertiary/aromatic N) is 6. The van der Waals surface area contributed by atoms with Crippen molar-refractivity contribution >= 4 is 17.8 Å². The van der Waals surface area contributed by atoms with E-state index in [1.165, 1.54) is 6.39 Å². The van der Waals surface area contributed by atoms with Gasteiger partial charge in [-0.05, 0) is 39.8 Å². The summed E-state index contributed by atoms with van der Waals surface area (Å²) in [5.41, 5.74) is 2.23. The van der Waals surface area contributed by atoms with E-state index < -0.39 is 5.54 Å². The Labute approximate surface area is 203 Å². The van der Waals surface area contributed by atoms with Crippen molar-refractivity contribution in [1.82, 2.24) is 34.9 Å². The number of oxazole rings is 1. The fourth-order valence-corrected chi connectivity index (χ4v) is 4.96. The van der Waals surface area contributed by atoms with E-state index in [-0.39, 0.29) is 24.0 Å². The van der Waals surface area contributed by atoms with Gasteiger partial charge in [-0.2, -0.15) is 5.10 Å². The number of hydrogen-bond donors (Lipinski definition) is 2. The largest absolute Gasteiger partial charge is 0.451 e. The van der Waals surface area contributed by atoms with Gasteiger partial charge >= 0.3 is 6.03 Å². The lowest BCUT2D eigenvalue weighted by Crippen LogP contribution is -2.61. The SMILES string of the molecule is C[C@@H]1CN(C(=O)N2Cc3c(NC(=O)c4ccccn4)n[nH]c3C2(C)C)[C@@H](C)CN1Cc1cocn1. The van der Waals surface area contributed by atoms with Crippen LogP contribution in [0.4, 0.5) is 10.6 Å². The number of amides is 3. The molecule has 2 N–H and O–H groups in total. The second-order valence-electron chi connectivity index (χ2n) is 9.78. The van der Waals surface area contributed by atoms with Gasteiger partial charge in [0, 0.05) is 43.5 Å². The van der Waals surface area contributed by atoms with E-state index in [0.717, 1.165) is 23.5 Å². The number of anilines is 1. The molecule has 1 saturated heterocycles.